The number of nitriles is 1. The van der Waals surface area contributed by atoms with Crippen molar-refractivity contribution < 1.29 is 0 Å². The lowest BCUT2D eigenvalue weighted by molar-refractivity contribution is 0.175. The molecule has 1 heterocycles. The monoisotopic (exact) mass is 241 g/mol. The van der Waals surface area contributed by atoms with Gasteiger partial charge in [-0.1, -0.05) is 0 Å². The van der Waals surface area contributed by atoms with Crippen molar-refractivity contribution in [1.82, 2.24) is 20.4 Å². The molecular formula is C10H19N5S. The lowest BCUT2D eigenvalue weighted by atomic mass is 10.1. The van der Waals surface area contributed by atoms with Crippen molar-refractivity contribution in [3.63, 3.8) is 0 Å². The molecule has 0 aromatic rings. The van der Waals surface area contributed by atoms with E-state index >= 15 is 0 Å². The first-order valence-electron chi connectivity index (χ1n) is 5.38. The van der Waals surface area contributed by atoms with Crippen molar-refractivity contribution in [3.8, 4) is 6.19 Å². The van der Waals surface area contributed by atoms with Gasteiger partial charge in [-0.3, -0.25) is 10.6 Å². The maximum Gasteiger partial charge on any atom is 0.188 e. The summed E-state index contributed by atoms with van der Waals surface area (Å²) in [7, 11) is 3.67. The number of thiocarbonyl (C=S) groups is 1. The van der Waals surface area contributed by atoms with Crippen LogP contribution < -0.4 is 10.6 Å². The third kappa shape index (κ3) is 3.04. The molecule has 2 unspecified atom stereocenters. The van der Waals surface area contributed by atoms with E-state index in [9.17, 15) is 0 Å². The van der Waals surface area contributed by atoms with Gasteiger partial charge in [0.1, 0.15) is 0 Å². The third-order valence-electron chi connectivity index (χ3n) is 2.55. The fourth-order valence-electron chi connectivity index (χ4n) is 1.83. The Labute approximate surface area is 102 Å². The second kappa shape index (κ2) is 5.43. The van der Waals surface area contributed by atoms with E-state index in [0.29, 0.717) is 17.2 Å². The first-order chi connectivity index (χ1) is 7.45. The van der Waals surface area contributed by atoms with Crippen LogP contribution in [-0.4, -0.2) is 47.4 Å². The van der Waals surface area contributed by atoms with Gasteiger partial charge in [0.15, 0.2) is 17.6 Å². The Morgan fingerprint density at radius 2 is 1.81 bits per heavy atom. The van der Waals surface area contributed by atoms with Gasteiger partial charge in [-0.25, -0.2) is 4.90 Å². The number of hydrogen-bond donors (Lipinski definition) is 2. The van der Waals surface area contributed by atoms with E-state index in [1.165, 1.54) is 4.90 Å². The number of nitrogens with zero attached hydrogens (tertiary/aromatic N) is 3. The summed E-state index contributed by atoms with van der Waals surface area (Å²) in [6.07, 6.45) is 2.96. The normalized spacial score (nSPS) is 29.3. The number of nitrogens with one attached hydrogen (secondary N) is 2. The SMILES string of the molecule is CC1CC(C)NC(N(C#N)C(=S)N(C)C)N1. The molecule has 0 aliphatic carbocycles. The van der Waals surface area contributed by atoms with Crippen molar-refractivity contribution >= 4 is 17.3 Å². The molecule has 1 aliphatic rings. The molecule has 0 radical (unpaired) electrons. The second-order valence-corrected chi connectivity index (χ2v) is 4.79. The molecule has 5 nitrogen and oxygen atoms in total. The van der Waals surface area contributed by atoms with E-state index in [2.05, 4.69) is 30.7 Å². The molecule has 0 saturated carbocycles. The lowest BCUT2D eigenvalue weighted by Gasteiger charge is -2.39. The minimum atomic E-state index is -0.210. The topological polar surface area (TPSA) is 54.3 Å². The van der Waals surface area contributed by atoms with Crippen LogP contribution in [0.3, 0.4) is 0 Å². The molecule has 2 N–H and O–H groups in total. The van der Waals surface area contributed by atoms with Crippen LogP contribution >= 0.6 is 12.2 Å². The molecule has 0 aromatic carbocycles. The summed E-state index contributed by atoms with van der Waals surface area (Å²) >= 11 is 5.21. The van der Waals surface area contributed by atoms with Crippen LogP contribution in [0, 0.1) is 11.5 Å². The lowest BCUT2D eigenvalue weighted by Crippen LogP contribution is -2.64. The van der Waals surface area contributed by atoms with Crippen LogP contribution in [-0.2, 0) is 0 Å². The zero-order valence-electron chi connectivity index (χ0n) is 10.2. The van der Waals surface area contributed by atoms with E-state index < -0.39 is 0 Å². The van der Waals surface area contributed by atoms with Crippen molar-refractivity contribution in [3.05, 3.63) is 0 Å². The molecule has 2 atom stereocenters. The van der Waals surface area contributed by atoms with E-state index in [4.69, 9.17) is 17.5 Å². The van der Waals surface area contributed by atoms with Gasteiger partial charge in [0.05, 0.1) is 0 Å². The minimum Gasteiger partial charge on any atom is -0.354 e. The van der Waals surface area contributed by atoms with Crippen molar-refractivity contribution in [1.29, 1.82) is 5.26 Å². The average Bonchev–Trinajstić information content (AvgIpc) is 2.16. The standard InChI is InChI=1S/C10H19N5S/c1-7-5-8(2)13-9(12-7)15(6-11)10(16)14(3)4/h7-9,12-13H,5H2,1-4H3. The van der Waals surface area contributed by atoms with Crippen molar-refractivity contribution in [2.45, 2.75) is 38.6 Å². The molecule has 0 bridgehead atoms. The summed E-state index contributed by atoms with van der Waals surface area (Å²) in [5.41, 5.74) is 0. The largest absolute Gasteiger partial charge is 0.354 e. The van der Waals surface area contributed by atoms with Gasteiger partial charge in [-0.15, -0.1) is 0 Å². The maximum absolute atomic E-state index is 9.15. The Hall–Kier alpha value is -0.900. The van der Waals surface area contributed by atoms with Gasteiger partial charge in [0, 0.05) is 26.2 Å². The van der Waals surface area contributed by atoms with Gasteiger partial charge in [-0.05, 0) is 32.5 Å². The predicted octanol–water partition coefficient (Wildman–Crippen LogP) is 0.259. The van der Waals surface area contributed by atoms with Gasteiger partial charge in [0.2, 0.25) is 0 Å². The predicted molar refractivity (Wildman–Crippen MR) is 67.3 cm³/mol. The van der Waals surface area contributed by atoms with Crippen LogP contribution in [0.5, 0.6) is 0 Å². The van der Waals surface area contributed by atoms with Crippen molar-refractivity contribution in [2.75, 3.05) is 14.1 Å². The molecule has 0 spiro atoms. The van der Waals surface area contributed by atoms with Crippen LogP contribution in [0.15, 0.2) is 0 Å². The third-order valence-corrected chi connectivity index (χ3v) is 3.11. The first-order valence-corrected chi connectivity index (χ1v) is 5.79. The highest BCUT2D eigenvalue weighted by Gasteiger charge is 2.29. The van der Waals surface area contributed by atoms with Gasteiger partial charge in [0.25, 0.3) is 0 Å². The quantitative estimate of drug-likeness (QED) is 0.390. The second-order valence-electron chi connectivity index (χ2n) is 4.42. The molecule has 0 amide bonds. The minimum absolute atomic E-state index is 0.210. The summed E-state index contributed by atoms with van der Waals surface area (Å²) in [4.78, 5) is 3.24. The van der Waals surface area contributed by atoms with E-state index in [1.807, 2.05) is 14.1 Å². The van der Waals surface area contributed by atoms with Crippen LogP contribution in [0.2, 0.25) is 0 Å². The zero-order chi connectivity index (χ0) is 12.3. The van der Waals surface area contributed by atoms with Crippen LogP contribution in [0.1, 0.15) is 20.3 Å². The summed E-state index contributed by atoms with van der Waals surface area (Å²) in [6, 6.07) is 0.754. The molecule has 1 rings (SSSR count). The van der Waals surface area contributed by atoms with E-state index in [-0.39, 0.29) is 6.29 Å². The molecular weight excluding hydrogens is 222 g/mol. The summed E-state index contributed by atoms with van der Waals surface area (Å²) in [5, 5.41) is 16.3. The Kier molecular flexibility index (Phi) is 4.47. The molecule has 1 saturated heterocycles. The highest BCUT2D eigenvalue weighted by molar-refractivity contribution is 7.80. The Morgan fingerprint density at radius 1 is 1.31 bits per heavy atom. The molecule has 1 aliphatic heterocycles. The molecule has 1 fully saturated rings. The van der Waals surface area contributed by atoms with E-state index in [1.54, 1.807) is 4.90 Å². The Morgan fingerprint density at radius 3 is 2.19 bits per heavy atom. The summed E-state index contributed by atoms with van der Waals surface area (Å²) in [5.74, 6) is 0. The van der Waals surface area contributed by atoms with Gasteiger partial charge < -0.3 is 4.90 Å². The fraction of sp³-hybridized carbons (Fsp3) is 0.800. The molecule has 6 heteroatoms. The van der Waals surface area contributed by atoms with Crippen LogP contribution in [0.4, 0.5) is 0 Å². The number of hydrogen-bond acceptors (Lipinski definition) is 4. The highest BCUT2D eigenvalue weighted by Crippen LogP contribution is 2.09. The highest BCUT2D eigenvalue weighted by atomic mass is 32.1. The summed E-state index contributed by atoms with van der Waals surface area (Å²) in [6.45, 7) is 4.22. The molecule has 16 heavy (non-hydrogen) atoms. The Bertz CT molecular complexity index is 288. The van der Waals surface area contributed by atoms with Crippen LogP contribution in [0.25, 0.3) is 0 Å². The zero-order valence-corrected chi connectivity index (χ0v) is 11.0. The van der Waals surface area contributed by atoms with Crippen molar-refractivity contribution in [2.24, 2.45) is 0 Å². The first kappa shape index (κ1) is 13.2. The van der Waals surface area contributed by atoms with Gasteiger partial charge >= 0.3 is 0 Å². The Balaban J connectivity index is 2.73. The fourth-order valence-corrected chi connectivity index (χ4v) is 1.98. The number of rotatable bonds is 1. The smallest absolute Gasteiger partial charge is 0.188 e. The van der Waals surface area contributed by atoms with E-state index in [0.717, 1.165) is 6.42 Å². The summed E-state index contributed by atoms with van der Waals surface area (Å²) < 4.78 is 0. The average molecular weight is 241 g/mol. The molecule has 90 valence electrons. The molecule has 0 aromatic heterocycles. The van der Waals surface area contributed by atoms with Gasteiger partial charge in [-0.2, -0.15) is 5.26 Å². The maximum atomic E-state index is 9.15.